The summed E-state index contributed by atoms with van der Waals surface area (Å²) in [7, 11) is 0. The maximum absolute atomic E-state index is 10.2. The van der Waals surface area contributed by atoms with Gasteiger partial charge in [0.1, 0.15) is 0 Å². The zero-order valence-corrected chi connectivity index (χ0v) is 39.2. The minimum Gasteiger partial charge on any atom is -0.319 e. The summed E-state index contributed by atoms with van der Waals surface area (Å²) in [6, 6.07) is 75.6. The van der Waals surface area contributed by atoms with Crippen molar-refractivity contribution in [3.05, 3.63) is 251 Å². The van der Waals surface area contributed by atoms with E-state index in [-0.39, 0.29) is 0 Å². The van der Waals surface area contributed by atoms with E-state index in [1.807, 2.05) is 176 Å². The van der Waals surface area contributed by atoms with Crippen LogP contribution in [0.25, 0.3) is 120 Å². The fraction of sp³-hybridized carbons (Fsp3) is 0. The minimum atomic E-state index is 0.349. The molecule has 0 saturated carbocycles. The number of aromatic nitrogens is 2. The summed E-state index contributed by atoms with van der Waals surface area (Å²) in [6.45, 7) is 17.3. The number of rotatable bonds is 7. The van der Waals surface area contributed by atoms with Crippen molar-refractivity contribution >= 4 is 55.0 Å². The van der Waals surface area contributed by atoms with Gasteiger partial charge < -0.3 is 9.13 Å². The highest BCUT2D eigenvalue weighted by molar-refractivity contribution is 6.15. The lowest BCUT2D eigenvalue weighted by atomic mass is 9.96. The summed E-state index contributed by atoms with van der Waals surface area (Å²) in [5, 5.41) is 44.3. The third-order valence-electron chi connectivity index (χ3n) is 14.0. The molecule has 2 aromatic heterocycles. The van der Waals surface area contributed by atoms with Gasteiger partial charge in [-0.2, -0.15) is 21.0 Å². The van der Waals surface area contributed by atoms with E-state index >= 15 is 0 Å². The normalized spacial score (nSPS) is 10.9. The van der Waals surface area contributed by atoms with Crippen LogP contribution >= 0.6 is 0 Å². The van der Waals surface area contributed by atoms with Crippen LogP contribution in [0.4, 0.5) is 11.4 Å². The van der Waals surface area contributed by atoms with Gasteiger partial charge in [0.25, 0.3) is 0 Å². The molecular formula is C66H34N8. The average Bonchev–Trinajstić information content (AvgIpc) is 3.98. The van der Waals surface area contributed by atoms with E-state index < -0.39 is 0 Å². The second-order valence-electron chi connectivity index (χ2n) is 17.8. The summed E-state index contributed by atoms with van der Waals surface area (Å²) in [6.07, 6.45) is 0. The predicted molar refractivity (Wildman–Crippen MR) is 294 cm³/mol. The molecule has 0 aliphatic carbocycles. The van der Waals surface area contributed by atoms with Crippen molar-refractivity contribution in [2.24, 2.45) is 0 Å². The SMILES string of the molecule is [C-]#[N+]c1ccccc1-c1ccc2c(c1)c1cc(-c3ccccc3C#N)ccc1n2-c1c(-c2cccc(C#N)c2)ccc(-n2c3ccc(-c4ccccc4C#N)cc3c3cc(-c4ccccc4C#N)ccc32)c1[N+]#[C-]. The van der Waals surface area contributed by atoms with E-state index in [0.29, 0.717) is 45.0 Å². The van der Waals surface area contributed by atoms with Crippen LogP contribution in [0.3, 0.4) is 0 Å². The van der Waals surface area contributed by atoms with Crippen LogP contribution in [0.1, 0.15) is 22.3 Å². The molecule has 0 unspecified atom stereocenters. The predicted octanol–water partition coefficient (Wildman–Crippen LogP) is 16.8. The molecule has 0 amide bonds. The van der Waals surface area contributed by atoms with E-state index in [1.165, 1.54) is 0 Å². The van der Waals surface area contributed by atoms with Crippen LogP contribution in [-0.4, -0.2) is 9.13 Å². The molecule has 0 spiro atoms. The quantitative estimate of drug-likeness (QED) is 0.148. The molecule has 0 atom stereocenters. The Balaban J connectivity index is 1.20. The molecule has 0 saturated heterocycles. The molecule has 12 rings (SSSR count). The van der Waals surface area contributed by atoms with E-state index in [4.69, 9.17) is 6.57 Å². The zero-order valence-electron chi connectivity index (χ0n) is 39.2. The summed E-state index contributed by atoms with van der Waals surface area (Å²) in [4.78, 5) is 8.35. The molecule has 338 valence electrons. The van der Waals surface area contributed by atoms with Crippen LogP contribution in [0.5, 0.6) is 0 Å². The lowest BCUT2D eigenvalue weighted by Gasteiger charge is -2.20. The molecule has 0 radical (unpaired) electrons. The first-order valence-corrected chi connectivity index (χ1v) is 23.6. The number of nitrogens with zero attached hydrogens (tertiary/aromatic N) is 8. The number of fused-ring (bicyclic) bond motifs is 6. The van der Waals surface area contributed by atoms with Crippen LogP contribution in [-0.2, 0) is 0 Å². The molecule has 0 fully saturated rings. The number of para-hydroxylation sites is 1. The van der Waals surface area contributed by atoms with Gasteiger partial charge in [0.05, 0.1) is 93.1 Å². The maximum atomic E-state index is 10.2. The first-order chi connectivity index (χ1) is 36.4. The van der Waals surface area contributed by atoms with Gasteiger partial charge in [-0.3, -0.25) is 0 Å². The fourth-order valence-electron chi connectivity index (χ4n) is 10.6. The number of hydrogen-bond donors (Lipinski definition) is 0. The Morgan fingerprint density at radius 3 is 1.20 bits per heavy atom. The molecule has 0 aliphatic heterocycles. The fourth-order valence-corrected chi connectivity index (χ4v) is 10.6. The summed E-state index contributed by atoms with van der Waals surface area (Å²) in [5.41, 5.74) is 15.5. The molecule has 10 aromatic carbocycles. The van der Waals surface area contributed by atoms with Gasteiger partial charge >= 0.3 is 0 Å². The Bertz CT molecular complexity index is 4410. The van der Waals surface area contributed by atoms with Crippen LogP contribution in [0.2, 0.25) is 0 Å². The Kier molecular flexibility index (Phi) is 10.7. The number of benzene rings is 10. The maximum Gasteiger partial charge on any atom is 0.234 e. The highest BCUT2D eigenvalue weighted by Crippen LogP contribution is 2.48. The number of nitriles is 4. The van der Waals surface area contributed by atoms with Crippen molar-refractivity contribution in [1.82, 2.24) is 9.13 Å². The van der Waals surface area contributed by atoms with Gasteiger partial charge in [-0.1, -0.05) is 121 Å². The minimum absolute atomic E-state index is 0.349. The molecule has 0 N–H and O–H groups in total. The van der Waals surface area contributed by atoms with Crippen molar-refractivity contribution in [1.29, 1.82) is 21.0 Å². The van der Waals surface area contributed by atoms with Crippen molar-refractivity contribution in [2.45, 2.75) is 0 Å². The van der Waals surface area contributed by atoms with E-state index in [2.05, 4.69) is 67.4 Å². The van der Waals surface area contributed by atoms with Crippen LogP contribution in [0, 0.1) is 58.5 Å². The molecule has 8 nitrogen and oxygen atoms in total. The third kappa shape index (κ3) is 7.02. The monoisotopic (exact) mass is 938 g/mol. The lowest BCUT2D eigenvalue weighted by molar-refractivity contribution is 1.15. The van der Waals surface area contributed by atoms with Gasteiger partial charge in [-0.15, -0.1) is 0 Å². The third-order valence-corrected chi connectivity index (χ3v) is 14.0. The Labute approximate surface area is 425 Å². The second kappa shape index (κ2) is 17.9. The highest BCUT2D eigenvalue weighted by Gasteiger charge is 2.26. The Hall–Kier alpha value is -11.3. The van der Waals surface area contributed by atoms with Crippen molar-refractivity contribution in [3.8, 4) is 91.3 Å². The van der Waals surface area contributed by atoms with Crippen molar-refractivity contribution < 1.29 is 0 Å². The molecule has 12 aromatic rings. The zero-order chi connectivity index (χ0) is 50.5. The molecule has 2 heterocycles. The van der Waals surface area contributed by atoms with Gasteiger partial charge in [-0.25, -0.2) is 9.69 Å². The number of hydrogen-bond acceptors (Lipinski definition) is 4. The van der Waals surface area contributed by atoms with Gasteiger partial charge in [0, 0.05) is 21.5 Å². The molecule has 74 heavy (non-hydrogen) atoms. The van der Waals surface area contributed by atoms with Gasteiger partial charge in [0.2, 0.25) is 5.69 Å². The van der Waals surface area contributed by atoms with E-state index in [1.54, 1.807) is 6.07 Å². The van der Waals surface area contributed by atoms with Crippen molar-refractivity contribution in [2.75, 3.05) is 0 Å². The summed E-state index contributed by atoms with van der Waals surface area (Å²) >= 11 is 0. The van der Waals surface area contributed by atoms with E-state index in [0.717, 1.165) is 99.2 Å². The standard InChI is InChI=1S/C66H34N8/c1-71-59-21-10-9-20-53(59)46-25-30-63-58(36-46)57-35-45(52-19-8-5-15-49(52)40-70)24-29-62(57)74(63)66-54(42-16-11-12-41(32-42)37-67)26-31-64(65(66)72-2)73-60-27-22-43(50-17-6-3-13-47(50)38-68)33-55(60)56-34-44(23-28-61(56)73)51-18-7-4-14-48(51)39-69/h3-36H. The first-order valence-electron chi connectivity index (χ1n) is 23.6. The second-order valence-corrected chi connectivity index (χ2v) is 17.8. The molecule has 8 heteroatoms. The van der Waals surface area contributed by atoms with Crippen LogP contribution in [0.15, 0.2) is 206 Å². The summed E-state index contributed by atoms with van der Waals surface area (Å²) < 4.78 is 4.27. The highest BCUT2D eigenvalue weighted by atomic mass is 15.1. The van der Waals surface area contributed by atoms with Crippen LogP contribution < -0.4 is 0 Å². The Morgan fingerprint density at radius 1 is 0.338 bits per heavy atom. The first kappa shape index (κ1) is 44.0. The average molecular weight is 939 g/mol. The largest absolute Gasteiger partial charge is 0.319 e. The van der Waals surface area contributed by atoms with Gasteiger partial charge in [0.15, 0.2) is 5.69 Å². The topological polar surface area (TPSA) is 114 Å². The smallest absolute Gasteiger partial charge is 0.234 e. The van der Waals surface area contributed by atoms with E-state index in [9.17, 15) is 27.6 Å². The van der Waals surface area contributed by atoms with Crippen molar-refractivity contribution in [3.63, 3.8) is 0 Å². The lowest BCUT2D eigenvalue weighted by Crippen LogP contribution is -2.03. The Morgan fingerprint density at radius 2 is 0.757 bits per heavy atom. The molecule has 0 aliphatic rings. The molecule has 0 bridgehead atoms. The summed E-state index contributed by atoms with van der Waals surface area (Å²) in [5.74, 6) is 0. The molecular weight excluding hydrogens is 905 g/mol. The van der Waals surface area contributed by atoms with Gasteiger partial charge in [-0.05, 0) is 141 Å².